The zero-order chi connectivity index (χ0) is 23.3. The second-order valence-corrected chi connectivity index (χ2v) is 8.09. The highest BCUT2D eigenvalue weighted by molar-refractivity contribution is 7.98. The summed E-state index contributed by atoms with van der Waals surface area (Å²) in [6.07, 6.45) is 12.4. The Labute approximate surface area is 195 Å². The van der Waals surface area contributed by atoms with Gasteiger partial charge in [-0.05, 0) is 65.9 Å². The number of thioether (sulfide) groups is 1. The first-order chi connectivity index (χ1) is 15.3. The minimum atomic E-state index is -0.978. The summed E-state index contributed by atoms with van der Waals surface area (Å²) in [6, 6.07) is 10.3. The van der Waals surface area contributed by atoms with Crippen molar-refractivity contribution in [1.29, 1.82) is 0 Å². The minimum absolute atomic E-state index is 0.180. The van der Waals surface area contributed by atoms with Crippen molar-refractivity contribution in [2.75, 3.05) is 6.26 Å². The van der Waals surface area contributed by atoms with Crippen LogP contribution in [0.15, 0.2) is 93.9 Å². The molecule has 3 rings (SSSR count). The fraction of sp³-hybridized carbons (Fsp3) is 0.0800. The Kier molecular flexibility index (Phi) is 7.51. The van der Waals surface area contributed by atoms with Gasteiger partial charge in [0.1, 0.15) is 6.33 Å². The Morgan fingerprint density at radius 2 is 1.88 bits per heavy atom. The minimum Gasteiger partial charge on any atom is -0.478 e. The van der Waals surface area contributed by atoms with Crippen LogP contribution in [-0.2, 0) is 0 Å². The second kappa shape index (κ2) is 10.3. The number of carbonyl (C=O) groups is 1. The lowest BCUT2D eigenvalue weighted by molar-refractivity contribution is 0.0697. The number of hydrogen-bond donors (Lipinski definition) is 1. The first-order valence-corrected chi connectivity index (χ1v) is 11.2. The molecule has 0 fully saturated rings. The standard InChI is InChI=1S/C25H21ClN2O3S/c1-4-17(6-5-16(2)26)7-12-22-23(32-3)24(29)28(15-27-22)21-11-10-18-13-20(25(30)31)9-8-19(18)14-21/h4-15H,2H2,1,3H3,(H,30,31)/b6-5-,12-7+,17-4+. The zero-order valence-electron chi connectivity index (χ0n) is 17.6. The number of allylic oxidation sites excluding steroid dienone is 6. The molecular formula is C25H21ClN2O3S. The van der Waals surface area contributed by atoms with Gasteiger partial charge >= 0.3 is 5.97 Å². The molecule has 0 aliphatic heterocycles. The highest BCUT2D eigenvalue weighted by Gasteiger charge is 2.11. The fourth-order valence-corrected chi connectivity index (χ4v) is 3.74. The fourth-order valence-electron chi connectivity index (χ4n) is 3.07. The van der Waals surface area contributed by atoms with Gasteiger partial charge in [-0.3, -0.25) is 9.36 Å². The van der Waals surface area contributed by atoms with Crippen molar-refractivity contribution < 1.29 is 9.90 Å². The van der Waals surface area contributed by atoms with Gasteiger partial charge < -0.3 is 5.11 Å². The molecule has 1 aromatic heterocycles. The van der Waals surface area contributed by atoms with Crippen molar-refractivity contribution in [2.45, 2.75) is 11.8 Å². The van der Waals surface area contributed by atoms with Crippen LogP contribution in [0.1, 0.15) is 23.0 Å². The Morgan fingerprint density at radius 1 is 1.16 bits per heavy atom. The Morgan fingerprint density at radius 3 is 2.53 bits per heavy atom. The first kappa shape index (κ1) is 23.3. The SMILES string of the molecule is C=C(Cl)\C=C/C(=C\C)/C=C/c1ncn(-c2ccc3cc(C(=O)O)ccc3c2)c(=O)c1SC. The largest absolute Gasteiger partial charge is 0.478 e. The lowest BCUT2D eigenvalue weighted by Crippen LogP contribution is -2.21. The normalized spacial score (nSPS) is 12.2. The monoisotopic (exact) mass is 464 g/mol. The van der Waals surface area contributed by atoms with Crippen LogP contribution in [0.25, 0.3) is 22.5 Å². The average Bonchev–Trinajstić information content (AvgIpc) is 2.78. The van der Waals surface area contributed by atoms with E-state index in [1.165, 1.54) is 22.7 Å². The number of carboxylic acids is 1. The molecule has 0 atom stereocenters. The van der Waals surface area contributed by atoms with Crippen LogP contribution in [0.4, 0.5) is 0 Å². The molecule has 0 aliphatic rings. The maximum atomic E-state index is 13.2. The first-order valence-electron chi connectivity index (χ1n) is 9.64. The Bertz CT molecular complexity index is 1350. The van der Waals surface area contributed by atoms with Gasteiger partial charge in [0.2, 0.25) is 0 Å². The highest BCUT2D eigenvalue weighted by Crippen LogP contribution is 2.22. The third-order valence-corrected chi connectivity index (χ3v) is 5.65. The third kappa shape index (κ3) is 5.28. The predicted molar refractivity (Wildman–Crippen MR) is 133 cm³/mol. The van der Waals surface area contributed by atoms with Crippen molar-refractivity contribution in [3.63, 3.8) is 0 Å². The molecule has 0 saturated heterocycles. The van der Waals surface area contributed by atoms with Crippen LogP contribution >= 0.6 is 23.4 Å². The number of hydrogen-bond acceptors (Lipinski definition) is 4. The molecule has 0 aliphatic carbocycles. The average molecular weight is 465 g/mol. The summed E-state index contributed by atoms with van der Waals surface area (Å²) < 4.78 is 1.49. The van der Waals surface area contributed by atoms with Crippen LogP contribution in [-0.4, -0.2) is 26.9 Å². The molecule has 32 heavy (non-hydrogen) atoms. The second-order valence-electron chi connectivity index (χ2n) is 6.79. The van der Waals surface area contributed by atoms with Gasteiger partial charge in [-0.15, -0.1) is 11.8 Å². The van der Waals surface area contributed by atoms with E-state index in [4.69, 9.17) is 16.7 Å². The molecule has 0 unspecified atom stereocenters. The van der Waals surface area contributed by atoms with E-state index in [1.54, 1.807) is 42.5 Å². The van der Waals surface area contributed by atoms with Crippen LogP contribution in [0.3, 0.4) is 0 Å². The third-order valence-electron chi connectivity index (χ3n) is 4.73. The van der Waals surface area contributed by atoms with Crippen molar-refractivity contribution in [3.8, 4) is 5.69 Å². The van der Waals surface area contributed by atoms with Crippen LogP contribution in [0.2, 0.25) is 0 Å². The van der Waals surface area contributed by atoms with Crippen LogP contribution < -0.4 is 5.56 Å². The number of aromatic nitrogens is 2. The molecule has 1 heterocycles. The van der Waals surface area contributed by atoms with Crippen molar-refractivity contribution in [3.05, 3.63) is 106 Å². The summed E-state index contributed by atoms with van der Waals surface area (Å²) in [5, 5.41) is 11.2. The number of benzene rings is 2. The van der Waals surface area contributed by atoms with E-state index in [-0.39, 0.29) is 11.1 Å². The molecule has 162 valence electrons. The Hall–Kier alpha value is -3.35. The predicted octanol–water partition coefficient (Wildman–Crippen LogP) is 6.07. The maximum absolute atomic E-state index is 13.2. The Balaban J connectivity index is 2.00. The van der Waals surface area contributed by atoms with E-state index >= 15 is 0 Å². The van der Waals surface area contributed by atoms with Crippen LogP contribution in [0, 0.1) is 0 Å². The highest BCUT2D eigenvalue weighted by atomic mass is 35.5. The lowest BCUT2D eigenvalue weighted by atomic mass is 10.1. The molecule has 0 saturated carbocycles. The summed E-state index contributed by atoms with van der Waals surface area (Å²) in [5.41, 5.74) is 2.17. The smallest absolute Gasteiger partial charge is 0.335 e. The van der Waals surface area contributed by atoms with Gasteiger partial charge in [-0.1, -0.05) is 48.5 Å². The van der Waals surface area contributed by atoms with Crippen molar-refractivity contribution in [2.24, 2.45) is 0 Å². The molecule has 0 spiro atoms. The van der Waals surface area contributed by atoms with Crippen LogP contribution in [0.5, 0.6) is 0 Å². The van der Waals surface area contributed by atoms with Gasteiger partial charge in [0.05, 0.1) is 21.8 Å². The summed E-state index contributed by atoms with van der Waals surface area (Å²) >= 11 is 7.11. The molecule has 0 bridgehead atoms. The molecule has 2 aromatic carbocycles. The van der Waals surface area contributed by atoms with E-state index in [9.17, 15) is 9.59 Å². The summed E-state index contributed by atoms with van der Waals surface area (Å²) in [5.74, 6) is -0.978. The number of carboxylic acid groups (broad SMARTS) is 1. The van der Waals surface area contributed by atoms with E-state index in [0.29, 0.717) is 21.3 Å². The lowest BCUT2D eigenvalue weighted by Gasteiger charge is -2.10. The van der Waals surface area contributed by atoms with E-state index in [1.807, 2.05) is 37.5 Å². The molecule has 3 aromatic rings. The van der Waals surface area contributed by atoms with Gasteiger partial charge in [0, 0.05) is 5.03 Å². The molecular weight excluding hydrogens is 444 g/mol. The van der Waals surface area contributed by atoms with Gasteiger partial charge in [0.25, 0.3) is 5.56 Å². The number of halogens is 1. The topological polar surface area (TPSA) is 72.2 Å². The summed E-state index contributed by atoms with van der Waals surface area (Å²) in [4.78, 5) is 29.4. The molecule has 7 heteroatoms. The van der Waals surface area contributed by atoms with E-state index in [0.717, 1.165) is 16.3 Å². The van der Waals surface area contributed by atoms with Crippen molar-refractivity contribution >= 4 is 46.2 Å². The molecule has 1 N–H and O–H groups in total. The maximum Gasteiger partial charge on any atom is 0.335 e. The molecule has 5 nitrogen and oxygen atoms in total. The zero-order valence-corrected chi connectivity index (χ0v) is 19.2. The summed E-state index contributed by atoms with van der Waals surface area (Å²) in [6.45, 7) is 5.53. The number of rotatable bonds is 7. The number of aromatic carboxylic acids is 1. The summed E-state index contributed by atoms with van der Waals surface area (Å²) in [7, 11) is 0. The van der Waals surface area contributed by atoms with Gasteiger partial charge in [-0.25, -0.2) is 9.78 Å². The van der Waals surface area contributed by atoms with E-state index < -0.39 is 5.97 Å². The van der Waals surface area contributed by atoms with Crippen molar-refractivity contribution in [1.82, 2.24) is 9.55 Å². The molecule has 0 amide bonds. The molecule has 0 radical (unpaired) electrons. The van der Waals surface area contributed by atoms with Gasteiger partial charge in [-0.2, -0.15) is 0 Å². The van der Waals surface area contributed by atoms with E-state index in [2.05, 4.69) is 11.6 Å². The number of nitrogens with zero attached hydrogens (tertiary/aromatic N) is 2. The number of fused-ring (bicyclic) bond motifs is 1. The van der Waals surface area contributed by atoms with Gasteiger partial charge in [0.15, 0.2) is 0 Å². The quantitative estimate of drug-likeness (QED) is 0.339.